The van der Waals surface area contributed by atoms with Crippen molar-refractivity contribution < 1.29 is 4.79 Å². The maximum atomic E-state index is 12.1. The summed E-state index contributed by atoms with van der Waals surface area (Å²) < 4.78 is 2.16. The van der Waals surface area contributed by atoms with Gasteiger partial charge in [-0.15, -0.1) is 10.2 Å². The summed E-state index contributed by atoms with van der Waals surface area (Å²) in [5.41, 5.74) is 5.88. The average molecular weight is 332 g/mol. The summed E-state index contributed by atoms with van der Waals surface area (Å²) in [7, 11) is 0. The van der Waals surface area contributed by atoms with Crippen LogP contribution in [0.4, 0.5) is 5.95 Å². The molecule has 3 rings (SSSR count). The lowest BCUT2D eigenvalue weighted by Crippen LogP contribution is -2.22. The summed E-state index contributed by atoms with van der Waals surface area (Å²) in [6.45, 7) is 3.60. The van der Waals surface area contributed by atoms with Gasteiger partial charge in [0.1, 0.15) is 11.6 Å². The van der Waals surface area contributed by atoms with Crippen LogP contribution in [-0.4, -0.2) is 39.4 Å². The normalized spacial score (nSPS) is 18.7. The molecule has 2 fully saturated rings. The van der Waals surface area contributed by atoms with Crippen LogP contribution in [0.25, 0.3) is 0 Å². The minimum Gasteiger partial charge on any atom is -0.401 e. The zero-order valence-electron chi connectivity index (χ0n) is 13.2. The van der Waals surface area contributed by atoms with Gasteiger partial charge in [0.25, 0.3) is 0 Å². The van der Waals surface area contributed by atoms with Crippen molar-refractivity contribution in [3.8, 4) is 6.07 Å². The van der Waals surface area contributed by atoms with Crippen molar-refractivity contribution in [3.63, 3.8) is 0 Å². The summed E-state index contributed by atoms with van der Waals surface area (Å²) in [6.07, 6.45) is 4.63. The number of nitrogens with two attached hydrogens (primary N) is 1. The van der Waals surface area contributed by atoms with E-state index in [-0.39, 0.29) is 22.8 Å². The van der Waals surface area contributed by atoms with Gasteiger partial charge < -0.3 is 10.6 Å². The second-order valence-corrected chi connectivity index (χ2v) is 6.90. The molecule has 0 radical (unpaired) electrons. The second kappa shape index (κ2) is 6.62. The first-order valence-corrected chi connectivity index (χ1v) is 8.82. The third-order valence-corrected chi connectivity index (χ3v) is 5.01. The number of allylic oxidation sites excluding steroid dienone is 2. The SMILES string of the molecule is C/C(N)=C(/C#N)C(=O)CSc1nnc(N2CCCC2)n1C1CC1. The van der Waals surface area contributed by atoms with Gasteiger partial charge in [0.05, 0.1) is 5.75 Å². The van der Waals surface area contributed by atoms with Crippen LogP contribution < -0.4 is 10.6 Å². The molecular weight excluding hydrogens is 312 g/mol. The Labute approximate surface area is 139 Å². The molecule has 1 aromatic heterocycles. The molecule has 0 aromatic carbocycles. The molecule has 2 N–H and O–H groups in total. The van der Waals surface area contributed by atoms with E-state index in [0.29, 0.717) is 6.04 Å². The Hall–Kier alpha value is -2.01. The lowest BCUT2D eigenvalue weighted by molar-refractivity contribution is -0.112. The van der Waals surface area contributed by atoms with Crippen LogP contribution in [0, 0.1) is 11.3 Å². The number of carbonyl (C=O) groups excluding carboxylic acids is 1. The Morgan fingerprint density at radius 1 is 1.39 bits per heavy atom. The number of aromatic nitrogens is 3. The van der Waals surface area contributed by atoms with Crippen molar-refractivity contribution in [1.29, 1.82) is 5.26 Å². The standard InChI is InChI=1S/C15H20N6OS/c1-10(17)12(8-16)13(22)9-23-15-19-18-14(20-6-2-3-7-20)21(15)11-4-5-11/h11H,2-7,9,17H2,1H3/b12-10+. The van der Waals surface area contributed by atoms with Crippen LogP contribution >= 0.6 is 11.8 Å². The Morgan fingerprint density at radius 2 is 2.09 bits per heavy atom. The molecule has 23 heavy (non-hydrogen) atoms. The summed E-state index contributed by atoms with van der Waals surface area (Å²) in [5.74, 6) is 0.819. The zero-order valence-corrected chi connectivity index (χ0v) is 14.0. The zero-order chi connectivity index (χ0) is 16.4. The highest BCUT2D eigenvalue weighted by Crippen LogP contribution is 2.41. The number of anilines is 1. The smallest absolute Gasteiger partial charge is 0.228 e. The van der Waals surface area contributed by atoms with Crippen molar-refractivity contribution >= 4 is 23.5 Å². The number of hydrogen-bond donors (Lipinski definition) is 1. The number of rotatable bonds is 6. The maximum absolute atomic E-state index is 12.1. The van der Waals surface area contributed by atoms with Gasteiger partial charge in [0.2, 0.25) is 5.95 Å². The van der Waals surface area contributed by atoms with E-state index < -0.39 is 0 Å². The Kier molecular flexibility index (Phi) is 4.57. The molecular formula is C15H20N6OS. The quantitative estimate of drug-likeness (QED) is 0.480. The fraction of sp³-hybridized carbons (Fsp3) is 0.600. The van der Waals surface area contributed by atoms with Crippen LogP contribution in [0.5, 0.6) is 0 Å². The summed E-state index contributed by atoms with van der Waals surface area (Å²) >= 11 is 1.34. The van der Waals surface area contributed by atoms with E-state index in [4.69, 9.17) is 11.0 Å². The van der Waals surface area contributed by atoms with Crippen LogP contribution in [-0.2, 0) is 4.79 Å². The van der Waals surface area contributed by atoms with Crippen LogP contribution in [0.3, 0.4) is 0 Å². The molecule has 2 heterocycles. The highest BCUT2D eigenvalue weighted by atomic mass is 32.2. The van der Waals surface area contributed by atoms with E-state index in [2.05, 4.69) is 19.7 Å². The van der Waals surface area contributed by atoms with E-state index >= 15 is 0 Å². The summed E-state index contributed by atoms with van der Waals surface area (Å²) in [4.78, 5) is 14.4. The molecule has 1 saturated carbocycles. The summed E-state index contributed by atoms with van der Waals surface area (Å²) in [5, 5.41) is 18.4. The predicted octanol–water partition coefficient (Wildman–Crippen LogP) is 1.63. The third kappa shape index (κ3) is 3.34. The second-order valence-electron chi connectivity index (χ2n) is 5.96. The average Bonchev–Trinajstić information content (AvgIpc) is 3.05. The van der Waals surface area contributed by atoms with Gasteiger partial charge in [0, 0.05) is 24.8 Å². The Bertz CT molecular complexity index is 675. The van der Waals surface area contributed by atoms with E-state index in [9.17, 15) is 4.79 Å². The van der Waals surface area contributed by atoms with E-state index in [1.54, 1.807) is 6.92 Å². The number of carbonyl (C=O) groups is 1. The number of nitriles is 1. The van der Waals surface area contributed by atoms with Crippen molar-refractivity contribution in [1.82, 2.24) is 14.8 Å². The van der Waals surface area contributed by atoms with E-state index in [1.165, 1.54) is 24.6 Å². The molecule has 0 unspecified atom stereocenters. The Balaban J connectivity index is 1.75. The van der Waals surface area contributed by atoms with Gasteiger partial charge >= 0.3 is 0 Å². The van der Waals surface area contributed by atoms with Crippen LogP contribution in [0.1, 0.15) is 38.6 Å². The molecule has 1 aliphatic carbocycles. The highest BCUT2D eigenvalue weighted by molar-refractivity contribution is 7.99. The first-order valence-electron chi connectivity index (χ1n) is 7.84. The van der Waals surface area contributed by atoms with Crippen molar-refractivity contribution in [3.05, 3.63) is 11.3 Å². The van der Waals surface area contributed by atoms with Crippen LogP contribution in [0.2, 0.25) is 0 Å². The molecule has 1 aromatic rings. The van der Waals surface area contributed by atoms with Gasteiger partial charge in [-0.2, -0.15) is 5.26 Å². The van der Waals surface area contributed by atoms with E-state index in [0.717, 1.165) is 37.0 Å². The monoisotopic (exact) mass is 332 g/mol. The van der Waals surface area contributed by atoms with Crippen molar-refractivity contribution in [2.45, 2.75) is 43.8 Å². The van der Waals surface area contributed by atoms with Gasteiger partial charge in [-0.3, -0.25) is 9.36 Å². The molecule has 0 spiro atoms. The minimum absolute atomic E-state index is 0.0368. The van der Waals surface area contributed by atoms with Gasteiger partial charge in [-0.1, -0.05) is 11.8 Å². The minimum atomic E-state index is -0.259. The maximum Gasteiger partial charge on any atom is 0.228 e. The highest BCUT2D eigenvalue weighted by Gasteiger charge is 2.32. The first-order chi connectivity index (χ1) is 11.1. The molecule has 2 aliphatic rings. The fourth-order valence-corrected chi connectivity index (χ4v) is 3.60. The van der Waals surface area contributed by atoms with Crippen molar-refractivity contribution in [2.75, 3.05) is 23.7 Å². The molecule has 0 amide bonds. The number of thioether (sulfide) groups is 1. The lowest BCUT2D eigenvalue weighted by atomic mass is 10.2. The molecule has 1 aliphatic heterocycles. The topological polar surface area (TPSA) is 101 Å². The predicted molar refractivity (Wildman–Crippen MR) is 88.0 cm³/mol. The molecule has 7 nitrogen and oxygen atoms in total. The number of Topliss-reactive ketones (excluding diaryl/α,β-unsaturated/α-hetero) is 1. The molecule has 0 atom stereocenters. The molecule has 122 valence electrons. The van der Waals surface area contributed by atoms with Crippen molar-refractivity contribution in [2.24, 2.45) is 5.73 Å². The molecule has 8 heteroatoms. The number of hydrogen-bond acceptors (Lipinski definition) is 7. The fourth-order valence-electron chi connectivity index (χ4n) is 2.73. The number of ketones is 1. The first kappa shape index (κ1) is 15.9. The lowest BCUT2D eigenvalue weighted by Gasteiger charge is -2.17. The van der Waals surface area contributed by atoms with Gasteiger partial charge in [-0.25, -0.2) is 0 Å². The molecule has 0 bridgehead atoms. The number of nitrogens with zero attached hydrogens (tertiary/aromatic N) is 5. The Morgan fingerprint density at radius 3 is 2.65 bits per heavy atom. The van der Waals surface area contributed by atoms with Gasteiger partial charge in [0.15, 0.2) is 10.9 Å². The molecule has 1 saturated heterocycles. The largest absolute Gasteiger partial charge is 0.401 e. The van der Waals surface area contributed by atoms with Crippen LogP contribution in [0.15, 0.2) is 16.4 Å². The van der Waals surface area contributed by atoms with Gasteiger partial charge in [-0.05, 0) is 32.6 Å². The third-order valence-electron chi connectivity index (χ3n) is 4.06. The van der Waals surface area contributed by atoms with E-state index in [1.807, 2.05) is 6.07 Å². The summed E-state index contributed by atoms with van der Waals surface area (Å²) in [6, 6.07) is 2.32.